The molecule has 0 saturated heterocycles. The van der Waals surface area contributed by atoms with Gasteiger partial charge in [0.25, 0.3) is 0 Å². The van der Waals surface area contributed by atoms with Gasteiger partial charge in [0.05, 0.1) is 28.4 Å². The first-order chi connectivity index (χ1) is 45.1. The highest BCUT2D eigenvalue weighted by Crippen LogP contribution is 2.49. The lowest BCUT2D eigenvalue weighted by Gasteiger charge is -2.33. The fourth-order valence-electron chi connectivity index (χ4n) is 8.97. The molecule has 96 heavy (non-hydrogen) atoms. The quantitative estimate of drug-likeness (QED) is 0.0382. The summed E-state index contributed by atoms with van der Waals surface area (Å²) in [6, 6.07) is 62.9. The van der Waals surface area contributed by atoms with Crippen molar-refractivity contribution in [1.82, 2.24) is 0 Å². The molecule has 17 nitrogen and oxygen atoms in total. The van der Waals surface area contributed by atoms with Gasteiger partial charge in [-0.3, -0.25) is 0 Å². The van der Waals surface area contributed by atoms with E-state index in [0.717, 1.165) is 107 Å². The Morgan fingerprint density at radius 2 is 0.500 bits per heavy atom. The van der Waals surface area contributed by atoms with Gasteiger partial charge in [0.15, 0.2) is 0 Å². The molecule has 0 aliphatic carbocycles. The summed E-state index contributed by atoms with van der Waals surface area (Å²) in [6.45, 7) is 4.19. The first-order valence-electron chi connectivity index (χ1n) is 29.0. The van der Waals surface area contributed by atoms with Crippen LogP contribution >= 0.6 is 0 Å². The molecule has 0 saturated carbocycles. The van der Waals surface area contributed by atoms with E-state index in [0.29, 0.717) is 28.4 Å². The molecule has 0 fully saturated rings. The van der Waals surface area contributed by atoms with Crippen molar-refractivity contribution < 1.29 is 56.6 Å². The zero-order valence-corrected chi connectivity index (χ0v) is 52.3. The average Bonchev–Trinajstić information content (AvgIpc) is 0.761. The molecular weight excluding hydrogens is 1240 g/mol. The summed E-state index contributed by atoms with van der Waals surface area (Å²) in [5, 5.41) is 47.2. The summed E-state index contributed by atoms with van der Waals surface area (Å²) in [6.07, 6.45) is -9.07. The van der Waals surface area contributed by atoms with Crippen molar-refractivity contribution >= 4 is 62.6 Å². The molecule has 0 unspecified atom stereocenters. The van der Waals surface area contributed by atoms with Crippen LogP contribution in [0.5, 0.6) is 40.2 Å². The molecular formula is C73H75F6N11O6. The standard InChI is InChI=1S/C15H15F3N2O2.C15H15F3N2.C12H12N2O2.2C12H12N2O.C7H9N/c1-14(15(16,17)18,8-2-4-12(21)10(19)6-8)9-3-5-13(22)11(20)7-9;1-14(15(16,17)18,10-2-6-12(19)7-3-10)11-4-8-13(20)9-5-11;13-9-3-1-7(5-11(9)15)8-2-4-10(14)12(16)6-8;13-9-1-5-11(6-2-9)15-12-7-3-10(14)4-8-12;13-10-4-1-8(2-5-10)9-3-6-11(14)12(15)7-9;1-6-2-4-7(8)5-3-6/h2-7,21-22H,19-20H2,1H3;2-9H,19-20H2,1H3;1-6,15-16H,13-14H2;1-8H,13-14H2;1-7,15H,13-14H2;2-5H,8H2,1H3. The highest BCUT2D eigenvalue weighted by Gasteiger charge is 2.54. The molecule has 23 heteroatoms. The van der Waals surface area contributed by atoms with E-state index in [4.69, 9.17) is 67.8 Å². The molecule has 11 aromatic carbocycles. The van der Waals surface area contributed by atoms with Crippen molar-refractivity contribution in [3.05, 3.63) is 264 Å². The van der Waals surface area contributed by atoms with Crippen LogP contribution in [0.25, 0.3) is 22.3 Å². The predicted molar refractivity (Wildman–Crippen MR) is 376 cm³/mol. The number of ether oxygens (including phenoxy) is 1. The molecule has 0 aliphatic rings. The van der Waals surface area contributed by atoms with Gasteiger partial charge in [-0.15, -0.1) is 0 Å². The Kier molecular flexibility index (Phi) is 23.7. The average molecular weight is 1320 g/mol. The Labute approximate surface area is 550 Å². The highest BCUT2D eigenvalue weighted by molar-refractivity contribution is 5.74. The van der Waals surface area contributed by atoms with Crippen molar-refractivity contribution in [3.8, 4) is 62.5 Å². The van der Waals surface area contributed by atoms with Gasteiger partial charge in [-0.1, -0.05) is 84.4 Å². The van der Waals surface area contributed by atoms with E-state index in [1.54, 1.807) is 72.8 Å². The Bertz CT molecular complexity index is 4130. The van der Waals surface area contributed by atoms with Crippen LogP contribution in [-0.2, 0) is 10.8 Å². The summed E-state index contributed by atoms with van der Waals surface area (Å²) in [5.74, 6) is 1.08. The van der Waals surface area contributed by atoms with Crippen LogP contribution in [-0.4, -0.2) is 37.9 Å². The number of aromatic hydroxyl groups is 5. The number of nitrogen functional groups attached to an aromatic ring is 11. The van der Waals surface area contributed by atoms with E-state index in [-0.39, 0.29) is 62.4 Å². The van der Waals surface area contributed by atoms with Crippen molar-refractivity contribution in [2.45, 2.75) is 44.0 Å². The van der Waals surface area contributed by atoms with Crippen molar-refractivity contribution in [3.63, 3.8) is 0 Å². The molecule has 0 aromatic heterocycles. The Morgan fingerprint density at radius 3 is 0.771 bits per heavy atom. The molecule has 0 bridgehead atoms. The van der Waals surface area contributed by atoms with Crippen molar-refractivity contribution in [2.24, 2.45) is 0 Å². The maximum Gasteiger partial charge on any atom is 0.402 e. The Hall–Kier alpha value is -12.4. The number of anilines is 11. The van der Waals surface area contributed by atoms with Gasteiger partial charge < -0.3 is 93.3 Å². The Morgan fingerprint density at radius 1 is 0.260 bits per heavy atom. The minimum atomic E-state index is -4.64. The van der Waals surface area contributed by atoms with Gasteiger partial charge >= 0.3 is 12.4 Å². The summed E-state index contributed by atoms with van der Waals surface area (Å²) in [7, 11) is 0. The minimum Gasteiger partial charge on any atom is -0.506 e. The Balaban J connectivity index is 0.000000185. The summed E-state index contributed by atoms with van der Waals surface area (Å²) >= 11 is 0. The summed E-state index contributed by atoms with van der Waals surface area (Å²) in [5.41, 5.74) is 65.6. The molecule has 0 atom stereocenters. The smallest absolute Gasteiger partial charge is 0.402 e. The first kappa shape index (κ1) is 72.7. The second-order valence-electron chi connectivity index (χ2n) is 22.1. The van der Waals surface area contributed by atoms with Gasteiger partial charge in [-0.05, 0) is 223 Å². The van der Waals surface area contributed by atoms with Gasteiger partial charge in [-0.2, -0.15) is 26.3 Å². The molecule has 0 radical (unpaired) electrons. The lowest BCUT2D eigenvalue weighted by Crippen LogP contribution is -2.40. The maximum atomic E-state index is 13.7. The number of aryl methyl sites for hydroxylation is 1. The van der Waals surface area contributed by atoms with Crippen LogP contribution in [0, 0.1) is 6.92 Å². The highest BCUT2D eigenvalue weighted by atomic mass is 19.4. The van der Waals surface area contributed by atoms with E-state index in [1.165, 1.54) is 54.1 Å². The number of phenols is 5. The number of hydrogen-bond donors (Lipinski definition) is 16. The molecule has 0 spiro atoms. The van der Waals surface area contributed by atoms with Crippen LogP contribution in [0.3, 0.4) is 0 Å². The van der Waals surface area contributed by atoms with Crippen molar-refractivity contribution in [1.29, 1.82) is 0 Å². The lowest BCUT2D eigenvalue weighted by atomic mass is 9.75. The molecule has 500 valence electrons. The van der Waals surface area contributed by atoms with E-state index in [2.05, 4.69) is 0 Å². The molecule has 0 heterocycles. The van der Waals surface area contributed by atoms with Crippen LogP contribution in [0.2, 0.25) is 0 Å². The van der Waals surface area contributed by atoms with E-state index >= 15 is 0 Å². The number of halogens is 6. The fourth-order valence-corrected chi connectivity index (χ4v) is 8.97. The van der Waals surface area contributed by atoms with Crippen LogP contribution < -0.4 is 67.8 Å². The molecule has 11 aromatic rings. The fraction of sp³-hybridized carbons (Fsp3) is 0.0959. The van der Waals surface area contributed by atoms with Gasteiger partial charge in [0.2, 0.25) is 0 Å². The number of rotatable bonds is 8. The second-order valence-corrected chi connectivity index (χ2v) is 22.1. The third-order valence-electron chi connectivity index (χ3n) is 15.1. The summed E-state index contributed by atoms with van der Waals surface area (Å²) < 4.78 is 87.6. The molecule has 0 aliphatic heterocycles. The number of phenolic OH excluding ortho intramolecular Hbond substituents is 5. The monoisotopic (exact) mass is 1320 g/mol. The number of hydrogen-bond acceptors (Lipinski definition) is 17. The van der Waals surface area contributed by atoms with E-state index in [1.807, 2.05) is 85.8 Å². The zero-order chi connectivity index (χ0) is 70.9. The van der Waals surface area contributed by atoms with Crippen molar-refractivity contribution in [2.75, 3.05) is 63.1 Å². The normalized spacial score (nSPS) is 11.0. The first-order valence-corrected chi connectivity index (χ1v) is 29.0. The largest absolute Gasteiger partial charge is 0.506 e. The van der Waals surface area contributed by atoms with Gasteiger partial charge in [0.1, 0.15) is 51.1 Å². The maximum absolute atomic E-state index is 13.7. The van der Waals surface area contributed by atoms with Gasteiger partial charge in [-0.25, -0.2) is 0 Å². The minimum absolute atomic E-state index is 0.0221. The zero-order valence-electron chi connectivity index (χ0n) is 52.3. The van der Waals surface area contributed by atoms with Gasteiger partial charge in [0, 0.05) is 34.1 Å². The molecule has 11 rings (SSSR count). The third kappa shape index (κ3) is 19.1. The predicted octanol–water partition coefficient (Wildman–Crippen LogP) is 15.2. The topological polar surface area (TPSA) is 397 Å². The second kappa shape index (κ2) is 31.3. The molecule has 27 N–H and O–H groups in total. The van der Waals surface area contributed by atoms with Crippen LogP contribution in [0.15, 0.2) is 237 Å². The SMILES string of the molecule is CC(c1ccc(N)cc1)(c1ccc(N)cc1)C(F)(F)F.CC(c1ccc(O)c(N)c1)(c1ccc(O)c(N)c1)C(F)(F)F.Cc1ccc(N)cc1.Nc1ccc(-c2ccc(N)c(O)c2)cc1.Nc1ccc(-c2ccc(N)c(O)c2)cc1O.Nc1ccc(Oc2ccc(N)cc2)cc1. The van der Waals surface area contributed by atoms with Crippen LogP contribution in [0.1, 0.15) is 41.7 Å². The van der Waals surface area contributed by atoms with E-state index in [9.17, 15) is 51.9 Å². The lowest BCUT2D eigenvalue weighted by molar-refractivity contribution is -0.173. The summed E-state index contributed by atoms with van der Waals surface area (Å²) in [4.78, 5) is 0. The number of nitrogens with two attached hydrogens (primary N) is 11. The number of alkyl halides is 6. The van der Waals surface area contributed by atoms with Crippen LogP contribution in [0.4, 0.5) is 88.9 Å². The molecule has 0 amide bonds. The van der Waals surface area contributed by atoms with E-state index < -0.39 is 23.2 Å². The third-order valence-corrected chi connectivity index (χ3v) is 15.1. The number of benzene rings is 11.